The van der Waals surface area contributed by atoms with Crippen LogP contribution in [-0.2, 0) is 10.3 Å². The molecule has 4 N–H and O–H groups in total. The molecule has 5 aromatic rings. The van der Waals surface area contributed by atoms with Crippen molar-refractivity contribution < 1.29 is 14.3 Å². The van der Waals surface area contributed by atoms with Crippen LogP contribution in [0, 0.1) is 0 Å². The van der Waals surface area contributed by atoms with Crippen LogP contribution in [0.15, 0.2) is 109 Å². The van der Waals surface area contributed by atoms with Crippen molar-refractivity contribution in [2.45, 2.75) is 45.1 Å². The Morgan fingerprint density at radius 3 is 1.72 bits per heavy atom. The largest absolute Gasteiger partial charge is 0.456 e. The number of anilines is 6. The van der Waals surface area contributed by atoms with E-state index in [2.05, 4.69) is 53.6 Å². The molecule has 1 spiro atoms. The molecule has 0 atom stereocenters. The predicted octanol–water partition coefficient (Wildman–Crippen LogP) is 9.73. The lowest BCUT2D eigenvalue weighted by Crippen LogP contribution is -2.33. The van der Waals surface area contributed by atoms with E-state index in [0.29, 0.717) is 28.3 Å². The number of esters is 1. The summed E-state index contributed by atoms with van der Waals surface area (Å²) in [6.07, 6.45) is 4.79. The van der Waals surface area contributed by atoms with Crippen LogP contribution >= 0.6 is 0 Å². The summed E-state index contributed by atoms with van der Waals surface area (Å²) < 4.78 is 12.5. The molecule has 2 aliphatic heterocycles. The molecule has 0 aromatic heterocycles. The Morgan fingerprint density at radius 2 is 1.17 bits per heavy atom. The fourth-order valence-corrected chi connectivity index (χ4v) is 6.64. The highest BCUT2D eigenvalue weighted by Gasteiger charge is 2.54. The lowest BCUT2D eigenvalue weighted by molar-refractivity contribution is 0.0225. The molecule has 0 aliphatic carbocycles. The number of hydrogen-bond acceptors (Lipinski definition) is 7. The number of fused-ring (bicyclic) bond motifs is 6. The molecule has 0 amide bonds. The van der Waals surface area contributed by atoms with Crippen molar-refractivity contribution in [1.82, 2.24) is 0 Å². The number of hydrogen-bond donors (Lipinski definition) is 3. The molecule has 2 heterocycles. The number of nitrogens with one attached hydrogen (secondary N) is 2. The molecule has 0 radical (unpaired) electrons. The van der Waals surface area contributed by atoms with Crippen LogP contribution in [0.4, 0.5) is 34.1 Å². The molecule has 5 aromatic carbocycles. The maximum atomic E-state index is 13.4. The standard InChI is InChI=1S/C40H40N4O3/c1-3-5-23-44(24-6-4-2)31-21-19-29(20-22-31)42-27-15-17-28(18-16-27)43-30-25-34-38(35(41)26-30)39(45)47-40(34)32-11-7-9-13-36(32)46-37-14-10-8-12-33(37)40/h7-22,25-26,42-43H,3-6,23-24,41H2,1-2H3. The van der Waals surface area contributed by atoms with E-state index in [-0.39, 0.29) is 0 Å². The van der Waals surface area contributed by atoms with Gasteiger partial charge in [-0.25, -0.2) is 4.79 Å². The highest BCUT2D eigenvalue weighted by Crippen LogP contribution is 2.57. The minimum Gasteiger partial charge on any atom is -0.456 e. The highest BCUT2D eigenvalue weighted by atomic mass is 16.6. The zero-order chi connectivity index (χ0) is 32.4. The van der Waals surface area contributed by atoms with E-state index in [9.17, 15) is 4.79 Å². The van der Waals surface area contributed by atoms with Gasteiger partial charge >= 0.3 is 5.97 Å². The lowest BCUT2D eigenvalue weighted by atomic mass is 9.77. The first-order valence-electron chi connectivity index (χ1n) is 16.5. The van der Waals surface area contributed by atoms with E-state index in [1.807, 2.05) is 78.9 Å². The van der Waals surface area contributed by atoms with Crippen LogP contribution in [0.1, 0.15) is 66.6 Å². The number of carbonyl (C=O) groups is 1. The van der Waals surface area contributed by atoms with Crippen molar-refractivity contribution in [1.29, 1.82) is 0 Å². The van der Waals surface area contributed by atoms with Gasteiger partial charge in [-0.3, -0.25) is 0 Å². The van der Waals surface area contributed by atoms with Gasteiger partial charge in [-0.2, -0.15) is 0 Å². The van der Waals surface area contributed by atoms with E-state index in [1.54, 1.807) is 6.07 Å². The summed E-state index contributed by atoms with van der Waals surface area (Å²) in [4.78, 5) is 15.9. The first kappa shape index (κ1) is 30.2. The number of benzene rings is 5. The van der Waals surface area contributed by atoms with Gasteiger partial charge in [-0.05, 0) is 85.6 Å². The van der Waals surface area contributed by atoms with Crippen molar-refractivity contribution in [2.24, 2.45) is 0 Å². The average molecular weight is 625 g/mol. The number of nitrogen functional groups attached to an aromatic ring is 1. The van der Waals surface area contributed by atoms with Crippen molar-refractivity contribution >= 4 is 40.1 Å². The average Bonchev–Trinajstić information content (AvgIpc) is 3.38. The third-order valence-electron chi connectivity index (χ3n) is 9.01. The molecule has 47 heavy (non-hydrogen) atoms. The minimum atomic E-state index is -1.17. The van der Waals surface area contributed by atoms with Crippen LogP contribution in [0.25, 0.3) is 0 Å². The Balaban J connectivity index is 1.13. The molecular formula is C40H40N4O3. The fraction of sp³-hybridized carbons (Fsp3) is 0.225. The van der Waals surface area contributed by atoms with Crippen molar-refractivity contribution in [2.75, 3.05) is 34.4 Å². The minimum absolute atomic E-state index is 0.359. The first-order chi connectivity index (χ1) is 23.0. The second kappa shape index (κ2) is 12.8. The topological polar surface area (TPSA) is 88.9 Å². The summed E-state index contributed by atoms with van der Waals surface area (Å²) in [5.74, 6) is 0.840. The Hall–Kier alpha value is -5.43. The molecule has 0 unspecified atom stereocenters. The van der Waals surface area contributed by atoms with Crippen molar-refractivity contribution in [3.05, 3.63) is 131 Å². The molecule has 2 aliphatic rings. The number of nitrogens with two attached hydrogens (primary N) is 1. The summed E-state index contributed by atoms with van der Waals surface area (Å²) in [6, 6.07) is 35.9. The van der Waals surface area contributed by atoms with Gasteiger partial charge in [0.05, 0.1) is 5.56 Å². The fourth-order valence-electron chi connectivity index (χ4n) is 6.64. The van der Waals surface area contributed by atoms with Gasteiger partial charge in [0, 0.05) is 63.9 Å². The third-order valence-corrected chi connectivity index (χ3v) is 9.01. The van der Waals surface area contributed by atoms with Crippen LogP contribution in [0.2, 0.25) is 0 Å². The predicted molar refractivity (Wildman–Crippen MR) is 191 cm³/mol. The second-order valence-electron chi connectivity index (χ2n) is 12.2. The van der Waals surface area contributed by atoms with Crippen LogP contribution < -0.4 is 26.0 Å². The normalized spacial score (nSPS) is 13.6. The summed E-state index contributed by atoms with van der Waals surface area (Å²) in [7, 11) is 0. The first-order valence-corrected chi connectivity index (χ1v) is 16.5. The highest BCUT2D eigenvalue weighted by molar-refractivity contribution is 6.03. The van der Waals surface area contributed by atoms with Crippen molar-refractivity contribution in [3.8, 4) is 11.5 Å². The quantitative estimate of drug-likeness (QED) is 0.0996. The van der Waals surface area contributed by atoms with E-state index < -0.39 is 11.6 Å². The molecule has 0 bridgehead atoms. The van der Waals surface area contributed by atoms with E-state index in [4.69, 9.17) is 15.2 Å². The summed E-state index contributed by atoms with van der Waals surface area (Å²) >= 11 is 0. The Morgan fingerprint density at radius 1 is 0.660 bits per heavy atom. The molecule has 7 rings (SSSR count). The molecule has 238 valence electrons. The second-order valence-corrected chi connectivity index (χ2v) is 12.2. The number of ether oxygens (including phenoxy) is 2. The van der Waals surface area contributed by atoms with E-state index in [0.717, 1.165) is 47.0 Å². The zero-order valence-corrected chi connectivity index (χ0v) is 26.9. The van der Waals surface area contributed by atoms with Gasteiger partial charge in [0.25, 0.3) is 0 Å². The van der Waals surface area contributed by atoms with Crippen LogP contribution in [0.3, 0.4) is 0 Å². The van der Waals surface area contributed by atoms with Gasteiger partial charge in [-0.1, -0.05) is 63.1 Å². The lowest BCUT2D eigenvalue weighted by Gasteiger charge is -2.36. The van der Waals surface area contributed by atoms with Gasteiger partial charge in [0.1, 0.15) is 11.5 Å². The number of para-hydroxylation sites is 2. The number of nitrogens with zero attached hydrogens (tertiary/aromatic N) is 1. The van der Waals surface area contributed by atoms with Gasteiger partial charge < -0.3 is 30.7 Å². The van der Waals surface area contributed by atoms with Crippen molar-refractivity contribution in [3.63, 3.8) is 0 Å². The zero-order valence-electron chi connectivity index (χ0n) is 26.9. The molecule has 0 saturated heterocycles. The van der Waals surface area contributed by atoms with Gasteiger partial charge in [0.15, 0.2) is 5.60 Å². The molecule has 7 nitrogen and oxygen atoms in total. The summed E-state index contributed by atoms with van der Waals surface area (Å²) in [5.41, 5.74) is 13.3. The van der Waals surface area contributed by atoms with Gasteiger partial charge in [-0.15, -0.1) is 0 Å². The smallest absolute Gasteiger partial charge is 0.342 e. The maximum absolute atomic E-state index is 13.4. The maximum Gasteiger partial charge on any atom is 0.342 e. The summed E-state index contributed by atoms with van der Waals surface area (Å²) in [5, 5.41) is 7.01. The number of rotatable bonds is 11. The van der Waals surface area contributed by atoms with E-state index in [1.165, 1.54) is 31.4 Å². The number of unbranched alkanes of at least 4 members (excludes halogenated alkanes) is 2. The Kier molecular flexibility index (Phi) is 8.21. The molecular weight excluding hydrogens is 584 g/mol. The Labute approximate surface area is 276 Å². The van der Waals surface area contributed by atoms with Gasteiger partial charge in [0.2, 0.25) is 0 Å². The molecule has 7 heteroatoms. The van der Waals surface area contributed by atoms with E-state index >= 15 is 0 Å². The summed E-state index contributed by atoms with van der Waals surface area (Å²) in [6.45, 7) is 6.66. The SMILES string of the molecule is CCCCN(CCCC)c1ccc(Nc2ccc(Nc3cc(N)c4c(c3)C3(OC4=O)c4ccccc4Oc4ccccc43)cc2)cc1. The number of carbonyl (C=O) groups excluding carboxylic acids is 1. The molecule has 0 saturated carbocycles. The third kappa shape index (κ3) is 5.63. The van der Waals surface area contributed by atoms with Crippen LogP contribution in [-0.4, -0.2) is 19.1 Å². The van der Waals surface area contributed by atoms with Crippen LogP contribution in [0.5, 0.6) is 11.5 Å². The Bertz CT molecular complexity index is 1850. The monoisotopic (exact) mass is 624 g/mol. The molecule has 0 fully saturated rings.